The van der Waals surface area contributed by atoms with Crippen LogP contribution >= 0.6 is 11.8 Å². The highest BCUT2D eigenvalue weighted by molar-refractivity contribution is 7.99. The van der Waals surface area contributed by atoms with Crippen LogP contribution in [0, 0.1) is 5.92 Å². The summed E-state index contributed by atoms with van der Waals surface area (Å²) in [5.41, 5.74) is 3.89. The lowest BCUT2D eigenvalue weighted by atomic mass is 9.82. The highest BCUT2D eigenvalue weighted by Gasteiger charge is 2.56. The number of aliphatic hydroxyl groups is 1. The second kappa shape index (κ2) is 8.83. The number of β-lactam (4-membered cyclic amide) rings is 1. The summed E-state index contributed by atoms with van der Waals surface area (Å²) < 4.78 is 2.13. The average Bonchev–Trinajstić information content (AvgIpc) is 3.16. The number of carbonyl (C=O) groups is 2. The van der Waals surface area contributed by atoms with Gasteiger partial charge in [-0.05, 0) is 24.5 Å². The molecule has 0 bridgehead atoms. The lowest BCUT2D eigenvalue weighted by molar-refractivity contribution is -0.688. The lowest BCUT2D eigenvalue weighted by Gasteiger charge is -2.44. The molecule has 172 valence electrons. The molecule has 0 radical (unpaired) electrons. The maximum atomic E-state index is 12.4. The predicted molar refractivity (Wildman–Crippen MR) is 127 cm³/mol. The standard InChI is InChI=1S/C25H27N3O4S/c1-16(29)22-21-14-20(23(25(31)32)28(21)24(22)30)18-4-2-17(3-5-18)15-26-8-6-19(7-9-26)27-10-12-33-13-11-27/h2-9,16,21-22,29H,10-15H2,1H3/p+1/t16-,21-,22-/m1/s1. The van der Waals surface area contributed by atoms with Gasteiger partial charge in [0.15, 0.2) is 18.9 Å². The van der Waals surface area contributed by atoms with Crippen LogP contribution in [0.2, 0.25) is 0 Å². The third kappa shape index (κ3) is 4.02. The molecule has 3 aliphatic rings. The van der Waals surface area contributed by atoms with Crippen LogP contribution in [0.15, 0.2) is 54.5 Å². The molecule has 4 heterocycles. The van der Waals surface area contributed by atoms with Crippen molar-refractivity contribution in [2.75, 3.05) is 29.5 Å². The van der Waals surface area contributed by atoms with Crippen molar-refractivity contribution < 1.29 is 24.4 Å². The van der Waals surface area contributed by atoms with Gasteiger partial charge in [-0.3, -0.25) is 4.79 Å². The molecule has 3 aliphatic heterocycles. The van der Waals surface area contributed by atoms with Crippen molar-refractivity contribution in [1.29, 1.82) is 0 Å². The van der Waals surface area contributed by atoms with Crippen LogP contribution in [0.4, 0.5) is 5.69 Å². The number of rotatable bonds is 6. The zero-order valence-electron chi connectivity index (χ0n) is 18.6. The quantitative estimate of drug-likeness (QED) is 0.500. The van der Waals surface area contributed by atoms with E-state index in [1.807, 2.05) is 36.0 Å². The Bertz CT molecular complexity index is 1090. The Morgan fingerprint density at radius 3 is 2.42 bits per heavy atom. The molecule has 5 rings (SSSR count). The number of hydrogen-bond acceptors (Lipinski definition) is 5. The maximum Gasteiger partial charge on any atom is 0.352 e. The van der Waals surface area contributed by atoms with Gasteiger partial charge < -0.3 is 20.0 Å². The molecular formula is C25H28N3O4S+. The first-order valence-electron chi connectivity index (χ1n) is 11.3. The predicted octanol–water partition coefficient (Wildman–Crippen LogP) is 1.98. The summed E-state index contributed by atoms with van der Waals surface area (Å²) in [6.45, 7) is 4.49. The summed E-state index contributed by atoms with van der Waals surface area (Å²) in [5.74, 6) is 0.416. The number of pyridine rings is 1. The Kier molecular flexibility index (Phi) is 5.88. The van der Waals surface area contributed by atoms with Crippen molar-refractivity contribution in [3.63, 3.8) is 0 Å². The van der Waals surface area contributed by atoms with E-state index in [-0.39, 0.29) is 17.6 Å². The number of aliphatic carboxylic acids is 1. The van der Waals surface area contributed by atoms with E-state index in [9.17, 15) is 19.8 Å². The monoisotopic (exact) mass is 466 g/mol. The number of nitrogens with zero attached hydrogens (tertiary/aromatic N) is 3. The third-order valence-electron chi connectivity index (χ3n) is 6.85. The fraction of sp³-hybridized carbons (Fsp3) is 0.400. The Labute approximate surface area is 197 Å². The van der Waals surface area contributed by atoms with Gasteiger partial charge in [-0.25, -0.2) is 9.36 Å². The van der Waals surface area contributed by atoms with Crippen molar-refractivity contribution in [3.05, 3.63) is 65.6 Å². The number of hydrogen-bond donors (Lipinski definition) is 2. The summed E-state index contributed by atoms with van der Waals surface area (Å²) in [6.07, 6.45) is 3.86. The van der Waals surface area contributed by atoms with E-state index in [2.05, 4.69) is 34.0 Å². The molecule has 33 heavy (non-hydrogen) atoms. The Morgan fingerprint density at radius 2 is 1.82 bits per heavy atom. The molecular weight excluding hydrogens is 438 g/mol. The number of carboxylic acid groups (broad SMARTS) is 1. The second-order valence-corrected chi connectivity index (χ2v) is 10.1. The fourth-order valence-corrected chi connectivity index (χ4v) is 6.04. The molecule has 2 fully saturated rings. The number of carbonyl (C=O) groups excluding carboxylic acids is 1. The number of aliphatic hydroxyl groups excluding tert-OH is 1. The molecule has 1 aromatic carbocycles. The molecule has 2 N–H and O–H groups in total. The third-order valence-corrected chi connectivity index (χ3v) is 7.79. The summed E-state index contributed by atoms with van der Waals surface area (Å²) in [5, 5.41) is 19.7. The maximum absolute atomic E-state index is 12.4. The van der Waals surface area contributed by atoms with Crippen molar-refractivity contribution in [2.24, 2.45) is 5.92 Å². The first-order valence-corrected chi connectivity index (χ1v) is 12.5. The summed E-state index contributed by atoms with van der Waals surface area (Å²) >= 11 is 2.00. The first kappa shape index (κ1) is 22.0. The van der Waals surface area contributed by atoms with Crippen molar-refractivity contribution in [1.82, 2.24) is 4.90 Å². The van der Waals surface area contributed by atoms with Gasteiger partial charge in [0.1, 0.15) is 5.70 Å². The number of thioether (sulfide) groups is 1. The van der Waals surface area contributed by atoms with E-state index in [0.29, 0.717) is 12.0 Å². The minimum Gasteiger partial charge on any atom is -0.477 e. The topological polar surface area (TPSA) is 85.0 Å². The number of benzene rings is 1. The van der Waals surface area contributed by atoms with Crippen molar-refractivity contribution >= 4 is 34.9 Å². The molecule has 2 aromatic rings. The normalized spacial score (nSPS) is 23.4. The van der Waals surface area contributed by atoms with Gasteiger partial charge in [-0.1, -0.05) is 24.3 Å². The lowest BCUT2D eigenvalue weighted by Crippen LogP contribution is -2.61. The first-order chi connectivity index (χ1) is 15.9. The van der Waals surface area contributed by atoms with Crippen LogP contribution in [0.25, 0.3) is 5.57 Å². The zero-order chi connectivity index (χ0) is 23.1. The van der Waals surface area contributed by atoms with Crippen molar-refractivity contribution in [2.45, 2.75) is 32.0 Å². The van der Waals surface area contributed by atoms with E-state index >= 15 is 0 Å². The van der Waals surface area contributed by atoms with Gasteiger partial charge in [0, 0.05) is 48.0 Å². The number of carboxylic acids is 1. The van der Waals surface area contributed by atoms with E-state index in [4.69, 9.17) is 0 Å². The highest BCUT2D eigenvalue weighted by atomic mass is 32.2. The van der Waals surface area contributed by atoms with Crippen LogP contribution in [-0.2, 0) is 16.1 Å². The van der Waals surface area contributed by atoms with Gasteiger partial charge in [-0.2, -0.15) is 11.8 Å². The Morgan fingerprint density at radius 1 is 1.15 bits per heavy atom. The van der Waals surface area contributed by atoms with Gasteiger partial charge in [-0.15, -0.1) is 0 Å². The molecule has 3 atom stereocenters. The van der Waals surface area contributed by atoms with Gasteiger partial charge >= 0.3 is 5.97 Å². The van der Waals surface area contributed by atoms with Crippen LogP contribution < -0.4 is 9.47 Å². The largest absolute Gasteiger partial charge is 0.477 e. The number of aromatic nitrogens is 1. The molecule has 7 nitrogen and oxygen atoms in total. The minimum atomic E-state index is -1.10. The zero-order valence-corrected chi connectivity index (χ0v) is 19.4. The highest BCUT2D eigenvalue weighted by Crippen LogP contribution is 2.46. The van der Waals surface area contributed by atoms with Crippen LogP contribution in [-0.4, -0.2) is 63.7 Å². The number of fused-ring (bicyclic) bond motifs is 1. The molecule has 0 saturated carbocycles. The summed E-state index contributed by atoms with van der Waals surface area (Å²) in [6, 6.07) is 11.9. The molecule has 0 spiro atoms. The second-order valence-electron chi connectivity index (χ2n) is 8.90. The average molecular weight is 467 g/mol. The Balaban J connectivity index is 1.31. The smallest absolute Gasteiger partial charge is 0.352 e. The summed E-state index contributed by atoms with van der Waals surface area (Å²) in [7, 11) is 0. The van der Waals surface area contributed by atoms with Crippen LogP contribution in [0.3, 0.4) is 0 Å². The minimum absolute atomic E-state index is 0.0516. The Hall–Kier alpha value is -2.84. The van der Waals surface area contributed by atoms with Crippen molar-refractivity contribution in [3.8, 4) is 0 Å². The van der Waals surface area contributed by atoms with Gasteiger partial charge in [0.2, 0.25) is 5.91 Å². The van der Waals surface area contributed by atoms with E-state index in [1.54, 1.807) is 6.92 Å². The van der Waals surface area contributed by atoms with Gasteiger partial charge in [0.25, 0.3) is 0 Å². The van der Waals surface area contributed by atoms with E-state index < -0.39 is 18.0 Å². The van der Waals surface area contributed by atoms with Crippen LogP contribution in [0.5, 0.6) is 0 Å². The molecule has 2 saturated heterocycles. The molecule has 8 heteroatoms. The van der Waals surface area contributed by atoms with Crippen LogP contribution in [0.1, 0.15) is 24.5 Å². The molecule has 0 unspecified atom stereocenters. The van der Waals surface area contributed by atoms with E-state index in [0.717, 1.165) is 30.8 Å². The molecule has 1 aromatic heterocycles. The fourth-order valence-electron chi connectivity index (χ4n) is 5.14. The van der Waals surface area contributed by atoms with E-state index in [1.165, 1.54) is 22.1 Å². The molecule has 1 amide bonds. The summed E-state index contributed by atoms with van der Waals surface area (Å²) in [4.78, 5) is 28.1. The van der Waals surface area contributed by atoms with Gasteiger partial charge in [0.05, 0.1) is 18.1 Å². The number of anilines is 1. The molecule has 0 aliphatic carbocycles. The number of amides is 1. The SMILES string of the molecule is C[C@@H](O)[C@H]1C(=O)N2C(C(=O)O)=C(c3ccc(C[n+]4ccc(N5CCSCC5)cc4)cc3)C[C@H]12.